The van der Waals surface area contributed by atoms with Crippen molar-refractivity contribution < 1.29 is 9.90 Å². The van der Waals surface area contributed by atoms with E-state index in [2.05, 4.69) is 11.9 Å². The lowest BCUT2D eigenvalue weighted by Gasteiger charge is -2.13. The summed E-state index contributed by atoms with van der Waals surface area (Å²) < 4.78 is 0. The van der Waals surface area contributed by atoms with Gasteiger partial charge in [0.25, 0.3) is 0 Å². The van der Waals surface area contributed by atoms with Crippen LogP contribution in [0.4, 0.5) is 0 Å². The van der Waals surface area contributed by atoms with E-state index < -0.39 is 0 Å². The zero-order valence-electron chi connectivity index (χ0n) is 7.55. The van der Waals surface area contributed by atoms with E-state index in [1.807, 2.05) is 6.92 Å². The summed E-state index contributed by atoms with van der Waals surface area (Å²) in [5.41, 5.74) is 0. The van der Waals surface area contributed by atoms with Crippen LogP contribution in [-0.2, 0) is 4.79 Å². The van der Waals surface area contributed by atoms with E-state index in [1.54, 1.807) is 6.08 Å². The van der Waals surface area contributed by atoms with Gasteiger partial charge in [0.05, 0.1) is 12.6 Å². The highest BCUT2D eigenvalue weighted by molar-refractivity contribution is 5.76. The zero-order valence-corrected chi connectivity index (χ0v) is 7.55. The van der Waals surface area contributed by atoms with Gasteiger partial charge in [-0.25, -0.2) is 0 Å². The van der Waals surface area contributed by atoms with Crippen LogP contribution in [0.15, 0.2) is 12.7 Å². The maximum absolute atomic E-state index is 11.1. The molecule has 1 atom stereocenters. The van der Waals surface area contributed by atoms with Crippen molar-refractivity contribution in [2.45, 2.75) is 32.2 Å². The molecule has 0 aromatic carbocycles. The van der Waals surface area contributed by atoms with Crippen molar-refractivity contribution in [3.63, 3.8) is 0 Å². The first-order valence-electron chi connectivity index (χ1n) is 4.25. The fourth-order valence-electron chi connectivity index (χ4n) is 0.810. The van der Waals surface area contributed by atoms with Crippen molar-refractivity contribution in [2.24, 2.45) is 0 Å². The first kappa shape index (κ1) is 11.2. The monoisotopic (exact) mass is 171 g/mol. The SMILES string of the molecule is C=CCCC(=O)N[C@H](CC)CO. The van der Waals surface area contributed by atoms with Crippen molar-refractivity contribution in [3.05, 3.63) is 12.7 Å². The van der Waals surface area contributed by atoms with Crippen LogP contribution in [0.2, 0.25) is 0 Å². The quantitative estimate of drug-likeness (QED) is 0.582. The fourth-order valence-corrected chi connectivity index (χ4v) is 0.810. The van der Waals surface area contributed by atoms with E-state index in [0.29, 0.717) is 12.8 Å². The summed E-state index contributed by atoms with van der Waals surface area (Å²) in [6.07, 6.45) is 3.61. The molecule has 0 rings (SSSR count). The Balaban J connectivity index is 3.58. The van der Waals surface area contributed by atoms with Crippen LogP contribution in [0.3, 0.4) is 0 Å². The normalized spacial score (nSPS) is 12.2. The summed E-state index contributed by atoms with van der Waals surface area (Å²) in [4.78, 5) is 11.1. The van der Waals surface area contributed by atoms with Crippen LogP contribution >= 0.6 is 0 Å². The first-order valence-corrected chi connectivity index (χ1v) is 4.25. The van der Waals surface area contributed by atoms with Crippen LogP contribution in [0.5, 0.6) is 0 Å². The third-order valence-electron chi connectivity index (χ3n) is 1.65. The number of amides is 1. The molecule has 0 aromatic rings. The molecule has 0 saturated carbocycles. The highest BCUT2D eigenvalue weighted by Crippen LogP contribution is 1.93. The predicted octanol–water partition coefficient (Wildman–Crippen LogP) is 0.840. The summed E-state index contributed by atoms with van der Waals surface area (Å²) in [5, 5.41) is 11.5. The summed E-state index contributed by atoms with van der Waals surface area (Å²) in [5.74, 6) is -0.0178. The van der Waals surface area contributed by atoms with E-state index in [-0.39, 0.29) is 18.6 Å². The van der Waals surface area contributed by atoms with E-state index in [1.165, 1.54) is 0 Å². The van der Waals surface area contributed by atoms with Gasteiger partial charge in [-0.3, -0.25) is 4.79 Å². The summed E-state index contributed by atoms with van der Waals surface area (Å²) in [7, 11) is 0. The molecule has 0 heterocycles. The van der Waals surface area contributed by atoms with Gasteiger partial charge in [0.15, 0.2) is 0 Å². The number of aliphatic hydroxyl groups is 1. The minimum Gasteiger partial charge on any atom is -0.394 e. The second-order valence-corrected chi connectivity index (χ2v) is 2.68. The number of carbonyl (C=O) groups excluding carboxylic acids is 1. The number of hydrogen-bond donors (Lipinski definition) is 2. The molecule has 0 aliphatic carbocycles. The van der Waals surface area contributed by atoms with Crippen molar-refractivity contribution in [2.75, 3.05) is 6.61 Å². The van der Waals surface area contributed by atoms with Crippen molar-refractivity contribution in [1.82, 2.24) is 5.32 Å². The second-order valence-electron chi connectivity index (χ2n) is 2.68. The van der Waals surface area contributed by atoms with E-state index in [0.717, 1.165) is 6.42 Å². The fraction of sp³-hybridized carbons (Fsp3) is 0.667. The lowest BCUT2D eigenvalue weighted by Crippen LogP contribution is -2.36. The molecular formula is C9H17NO2. The van der Waals surface area contributed by atoms with Gasteiger partial charge in [0, 0.05) is 6.42 Å². The Kier molecular flexibility index (Phi) is 6.38. The van der Waals surface area contributed by atoms with Crippen LogP contribution in [0, 0.1) is 0 Å². The third kappa shape index (κ3) is 4.91. The minimum atomic E-state index is -0.0951. The molecule has 3 heteroatoms. The summed E-state index contributed by atoms with van der Waals surface area (Å²) in [6, 6.07) is -0.0951. The maximum Gasteiger partial charge on any atom is 0.220 e. The van der Waals surface area contributed by atoms with Gasteiger partial charge in [-0.2, -0.15) is 0 Å². The van der Waals surface area contributed by atoms with Gasteiger partial charge in [-0.1, -0.05) is 13.0 Å². The molecule has 0 saturated heterocycles. The standard InChI is InChI=1S/C9H17NO2/c1-3-5-6-9(12)10-8(4-2)7-11/h3,8,11H,1,4-7H2,2H3,(H,10,12)/t8-/m1/s1. The van der Waals surface area contributed by atoms with Gasteiger partial charge in [0.1, 0.15) is 0 Å². The zero-order chi connectivity index (χ0) is 9.40. The Bertz CT molecular complexity index is 141. The highest BCUT2D eigenvalue weighted by atomic mass is 16.3. The van der Waals surface area contributed by atoms with Gasteiger partial charge < -0.3 is 10.4 Å². The molecule has 2 N–H and O–H groups in total. The molecule has 0 fully saturated rings. The van der Waals surface area contributed by atoms with E-state index in [4.69, 9.17) is 5.11 Å². The Hall–Kier alpha value is -0.830. The van der Waals surface area contributed by atoms with Crippen LogP contribution in [0.1, 0.15) is 26.2 Å². The Labute approximate surface area is 73.5 Å². The molecule has 1 amide bonds. The third-order valence-corrected chi connectivity index (χ3v) is 1.65. The first-order chi connectivity index (χ1) is 5.74. The largest absolute Gasteiger partial charge is 0.394 e. The lowest BCUT2D eigenvalue weighted by molar-refractivity contribution is -0.122. The number of hydrogen-bond acceptors (Lipinski definition) is 2. The molecule has 12 heavy (non-hydrogen) atoms. The predicted molar refractivity (Wildman–Crippen MR) is 48.7 cm³/mol. The molecule has 0 aliphatic rings. The average molecular weight is 171 g/mol. The Morgan fingerprint density at radius 3 is 2.83 bits per heavy atom. The van der Waals surface area contributed by atoms with E-state index in [9.17, 15) is 4.79 Å². The molecular weight excluding hydrogens is 154 g/mol. The molecule has 0 aliphatic heterocycles. The molecule has 0 radical (unpaired) electrons. The maximum atomic E-state index is 11.1. The summed E-state index contributed by atoms with van der Waals surface area (Å²) in [6.45, 7) is 5.46. The van der Waals surface area contributed by atoms with E-state index >= 15 is 0 Å². The molecule has 0 unspecified atom stereocenters. The molecule has 0 bridgehead atoms. The smallest absolute Gasteiger partial charge is 0.220 e. The van der Waals surface area contributed by atoms with Crippen molar-refractivity contribution in [3.8, 4) is 0 Å². The van der Waals surface area contributed by atoms with Crippen LogP contribution in [-0.4, -0.2) is 23.7 Å². The number of carbonyl (C=O) groups is 1. The topological polar surface area (TPSA) is 49.3 Å². The van der Waals surface area contributed by atoms with Crippen LogP contribution in [0.25, 0.3) is 0 Å². The van der Waals surface area contributed by atoms with Gasteiger partial charge >= 0.3 is 0 Å². The highest BCUT2D eigenvalue weighted by Gasteiger charge is 2.07. The van der Waals surface area contributed by atoms with Gasteiger partial charge in [-0.05, 0) is 12.8 Å². The Morgan fingerprint density at radius 1 is 1.75 bits per heavy atom. The second kappa shape index (κ2) is 6.85. The molecule has 0 aromatic heterocycles. The summed E-state index contributed by atoms with van der Waals surface area (Å²) >= 11 is 0. The number of aliphatic hydroxyl groups excluding tert-OH is 1. The number of rotatable bonds is 6. The molecule has 3 nitrogen and oxygen atoms in total. The van der Waals surface area contributed by atoms with Crippen molar-refractivity contribution >= 4 is 5.91 Å². The van der Waals surface area contributed by atoms with Gasteiger partial charge in [-0.15, -0.1) is 6.58 Å². The minimum absolute atomic E-state index is 0.0102. The molecule has 0 spiro atoms. The van der Waals surface area contributed by atoms with Crippen LogP contribution < -0.4 is 5.32 Å². The van der Waals surface area contributed by atoms with Crippen molar-refractivity contribution in [1.29, 1.82) is 0 Å². The molecule has 70 valence electrons. The average Bonchev–Trinajstić information content (AvgIpc) is 2.10. The number of nitrogens with one attached hydrogen (secondary N) is 1. The van der Waals surface area contributed by atoms with Gasteiger partial charge in [0.2, 0.25) is 5.91 Å². The lowest BCUT2D eigenvalue weighted by atomic mass is 10.2. The number of allylic oxidation sites excluding steroid dienone is 1. The Morgan fingerprint density at radius 2 is 2.42 bits per heavy atom.